The first-order chi connectivity index (χ1) is 3.83. The average molecular weight is 114 g/mol. The highest BCUT2D eigenvalue weighted by Gasteiger charge is 2.16. The van der Waals surface area contributed by atoms with Crippen LogP contribution < -0.4 is 5.32 Å². The Morgan fingerprint density at radius 3 is 2.62 bits per heavy atom. The van der Waals surface area contributed by atoms with E-state index in [1.807, 2.05) is 7.05 Å². The summed E-state index contributed by atoms with van der Waals surface area (Å²) in [7, 11) is 4.20. The van der Waals surface area contributed by atoms with Crippen LogP contribution in [0.3, 0.4) is 0 Å². The van der Waals surface area contributed by atoms with Gasteiger partial charge < -0.3 is 10.2 Å². The van der Waals surface area contributed by atoms with E-state index >= 15 is 0 Å². The van der Waals surface area contributed by atoms with E-state index in [-0.39, 0.29) is 0 Å². The SMILES string of the molecule is CN[C@H]1CCN(C)C1. The first kappa shape index (κ1) is 6.05. The molecule has 8 heavy (non-hydrogen) atoms. The molecule has 0 bridgehead atoms. The Labute approximate surface area is 50.9 Å². The molecule has 0 unspecified atom stereocenters. The fraction of sp³-hybridized carbons (Fsp3) is 1.00. The van der Waals surface area contributed by atoms with Gasteiger partial charge >= 0.3 is 0 Å². The second-order valence-corrected chi connectivity index (χ2v) is 2.54. The van der Waals surface area contributed by atoms with E-state index in [0.717, 1.165) is 6.04 Å². The highest BCUT2D eigenvalue weighted by molar-refractivity contribution is 4.76. The molecule has 0 aromatic rings. The molecule has 0 radical (unpaired) electrons. The minimum atomic E-state index is 0.750. The van der Waals surface area contributed by atoms with Crippen LogP contribution in [-0.2, 0) is 0 Å². The van der Waals surface area contributed by atoms with Gasteiger partial charge in [-0.05, 0) is 27.1 Å². The molecule has 0 spiro atoms. The normalized spacial score (nSPS) is 31.5. The van der Waals surface area contributed by atoms with Crippen molar-refractivity contribution < 1.29 is 0 Å². The van der Waals surface area contributed by atoms with E-state index in [1.54, 1.807) is 0 Å². The van der Waals surface area contributed by atoms with E-state index in [4.69, 9.17) is 0 Å². The summed E-state index contributed by atoms with van der Waals surface area (Å²) in [5.74, 6) is 0. The summed E-state index contributed by atoms with van der Waals surface area (Å²) in [5, 5.41) is 3.25. The molecule has 48 valence electrons. The molecule has 1 aliphatic heterocycles. The topological polar surface area (TPSA) is 15.3 Å². The van der Waals surface area contributed by atoms with Crippen molar-refractivity contribution in [3.63, 3.8) is 0 Å². The predicted molar refractivity (Wildman–Crippen MR) is 35.0 cm³/mol. The fourth-order valence-corrected chi connectivity index (χ4v) is 1.17. The second-order valence-electron chi connectivity index (χ2n) is 2.54. The van der Waals surface area contributed by atoms with Gasteiger partial charge in [0.2, 0.25) is 0 Å². The lowest BCUT2D eigenvalue weighted by Crippen LogP contribution is -2.27. The Hall–Kier alpha value is -0.0800. The summed E-state index contributed by atoms with van der Waals surface area (Å²) in [4.78, 5) is 2.35. The van der Waals surface area contributed by atoms with Gasteiger partial charge in [0.1, 0.15) is 0 Å². The first-order valence-electron chi connectivity index (χ1n) is 3.18. The Balaban J connectivity index is 2.22. The van der Waals surface area contributed by atoms with Gasteiger partial charge in [0, 0.05) is 12.6 Å². The van der Waals surface area contributed by atoms with Crippen molar-refractivity contribution in [2.75, 3.05) is 27.2 Å². The van der Waals surface area contributed by atoms with Crippen LogP contribution in [0, 0.1) is 0 Å². The van der Waals surface area contributed by atoms with Crippen molar-refractivity contribution in [3.8, 4) is 0 Å². The van der Waals surface area contributed by atoms with Crippen molar-refractivity contribution in [2.24, 2.45) is 0 Å². The first-order valence-corrected chi connectivity index (χ1v) is 3.18. The summed E-state index contributed by atoms with van der Waals surface area (Å²) in [6, 6.07) is 0.750. The Kier molecular flexibility index (Phi) is 1.86. The third kappa shape index (κ3) is 1.20. The average Bonchev–Trinajstić information content (AvgIpc) is 2.14. The van der Waals surface area contributed by atoms with Crippen molar-refractivity contribution in [1.82, 2.24) is 10.2 Å². The Morgan fingerprint density at radius 1 is 1.62 bits per heavy atom. The number of hydrogen-bond acceptors (Lipinski definition) is 2. The summed E-state index contributed by atoms with van der Waals surface area (Å²) < 4.78 is 0. The number of nitrogens with one attached hydrogen (secondary N) is 1. The maximum absolute atomic E-state index is 3.25. The van der Waals surface area contributed by atoms with E-state index in [1.165, 1.54) is 19.5 Å². The molecule has 0 saturated carbocycles. The van der Waals surface area contributed by atoms with Gasteiger partial charge in [-0.3, -0.25) is 0 Å². The molecule has 0 aromatic carbocycles. The monoisotopic (exact) mass is 114 g/mol. The van der Waals surface area contributed by atoms with Crippen molar-refractivity contribution in [3.05, 3.63) is 0 Å². The molecule has 0 aliphatic carbocycles. The van der Waals surface area contributed by atoms with Crippen molar-refractivity contribution in [1.29, 1.82) is 0 Å². The zero-order valence-corrected chi connectivity index (χ0v) is 5.65. The number of likely N-dealkylation sites (tertiary alicyclic amines) is 1. The van der Waals surface area contributed by atoms with Crippen LogP contribution >= 0.6 is 0 Å². The maximum atomic E-state index is 3.25. The molecule has 1 heterocycles. The summed E-state index contributed by atoms with van der Waals surface area (Å²) in [6.07, 6.45) is 1.31. The molecule has 1 aliphatic rings. The van der Waals surface area contributed by atoms with Crippen LogP contribution in [-0.4, -0.2) is 38.1 Å². The molecular weight excluding hydrogens is 100 g/mol. The maximum Gasteiger partial charge on any atom is 0.0204 e. The molecule has 2 nitrogen and oxygen atoms in total. The molecule has 0 aromatic heterocycles. The third-order valence-electron chi connectivity index (χ3n) is 1.80. The summed E-state index contributed by atoms with van der Waals surface area (Å²) >= 11 is 0. The lowest BCUT2D eigenvalue weighted by molar-refractivity contribution is 0.403. The lowest BCUT2D eigenvalue weighted by atomic mass is 10.3. The lowest BCUT2D eigenvalue weighted by Gasteiger charge is -2.07. The largest absolute Gasteiger partial charge is 0.316 e. The number of rotatable bonds is 1. The molecular formula is C6H14N2. The quantitative estimate of drug-likeness (QED) is 0.512. The third-order valence-corrected chi connectivity index (χ3v) is 1.80. The van der Waals surface area contributed by atoms with Gasteiger partial charge in [0.15, 0.2) is 0 Å². The molecule has 1 rings (SSSR count). The van der Waals surface area contributed by atoms with Gasteiger partial charge in [-0.15, -0.1) is 0 Å². The van der Waals surface area contributed by atoms with Gasteiger partial charge in [0.25, 0.3) is 0 Å². The standard InChI is InChI=1S/C6H14N2/c1-7-6-3-4-8(2)5-6/h6-7H,3-5H2,1-2H3/t6-/m0/s1. The molecule has 1 N–H and O–H groups in total. The van der Waals surface area contributed by atoms with E-state index in [9.17, 15) is 0 Å². The van der Waals surface area contributed by atoms with Crippen LogP contribution in [0.2, 0.25) is 0 Å². The molecule has 1 saturated heterocycles. The predicted octanol–water partition coefficient (Wildman–Crippen LogP) is -0.0901. The van der Waals surface area contributed by atoms with E-state index < -0.39 is 0 Å². The van der Waals surface area contributed by atoms with Crippen LogP contribution in [0.1, 0.15) is 6.42 Å². The van der Waals surface area contributed by atoms with E-state index in [0.29, 0.717) is 0 Å². The number of likely N-dealkylation sites (N-methyl/N-ethyl adjacent to an activating group) is 2. The van der Waals surface area contributed by atoms with Gasteiger partial charge in [-0.25, -0.2) is 0 Å². The van der Waals surface area contributed by atoms with Gasteiger partial charge in [-0.1, -0.05) is 0 Å². The zero-order valence-electron chi connectivity index (χ0n) is 5.65. The number of hydrogen-bond donors (Lipinski definition) is 1. The van der Waals surface area contributed by atoms with Crippen LogP contribution in [0.5, 0.6) is 0 Å². The Morgan fingerprint density at radius 2 is 2.38 bits per heavy atom. The van der Waals surface area contributed by atoms with Crippen LogP contribution in [0.4, 0.5) is 0 Å². The summed E-state index contributed by atoms with van der Waals surface area (Å²) in [5.41, 5.74) is 0. The number of nitrogens with zero attached hydrogens (tertiary/aromatic N) is 1. The van der Waals surface area contributed by atoms with Gasteiger partial charge in [-0.2, -0.15) is 0 Å². The molecule has 1 atom stereocenters. The minimum absolute atomic E-state index is 0.750. The summed E-state index contributed by atoms with van der Waals surface area (Å²) in [6.45, 7) is 2.47. The smallest absolute Gasteiger partial charge is 0.0204 e. The van der Waals surface area contributed by atoms with Gasteiger partial charge in [0.05, 0.1) is 0 Å². The fourth-order valence-electron chi connectivity index (χ4n) is 1.17. The zero-order chi connectivity index (χ0) is 5.98. The minimum Gasteiger partial charge on any atom is -0.316 e. The van der Waals surface area contributed by atoms with Crippen molar-refractivity contribution in [2.45, 2.75) is 12.5 Å². The van der Waals surface area contributed by atoms with Crippen molar-refractivity contribution >= 4 is 0 Å². The molecule has 1 fully saturated rings. The Bertz CT molecular complexity index is 72.9. The molecule has 0 amide bonds. The highest BCUT2D eigenvalue weighted by atomic mass is 15.2. The molecule has 2 heteroatoms. The van der Waals surface area contributed by atoms with Crippen LogP contribution in [0.25, 0.3) is 0 Å². The highest BCUT2D eigenvalue weighted by Crippen LogP contribution is 2.04. The second kappa shape index (κ2) is 2.46. The van der Waals surface area contributed by atoms with Crippen LogP contribution in [0.15, 0.2) is 0 Å². The van der Waals surface area contributed by atoms with E-state index in [2.05, 4.69) is 17.3 Å².